The van der Waals surface area contributed by atoms with Crippen LogP contribution < -0.4 is 0 Å². The summed E-state index contributed by atoms with van der Waals surface area (Å²) in [6.45, 7) is 0. The Hall–Kier alpha value is -0.290. The first-order chi connectivity index (χ1) is 9.18. The summed E-state index contributed by atoms with van der Waals surface area (Å²) < 4.78 is 5.86. The molecule has 2 aliphatic rings. The molecule has 0 aliphatic heterocycles. The summed E-state index contributed by atoms with van der Waals surface area (Å²) >= 11 is 9.33. The Balaban J connectivity index is 1.93. The van der Waals surface area contributed by atoms with Crippen molar-refractivity contribution in [3.63, 3.8) is 0 Å². The van der Waals surface area contributed by atoms with Gasteiger partial charge in [-0.25, -0.2) is 0 Å². The summed E-state index contributed by atoms with van der Waals surface area (Å²) in [5, 5.41) is 0.0755. The summed E-state index contributed by atoms with van der Waals surface area (Å²) in [6, 6.07) is 0.190. The van der Waals surface area contributed by atoms with Gasteiger partial charge in [0.1, 0.15) is 6.10 Å². The Kier molecular flexibility index (Phi) is 5.95. The van der Waals surface area contributed by atoms with Crippen molar-refractivity contribution in [1.29, 1.82) is 0 Å². The van der Waals surface area contributed by atoms with Crippen molar-refractivity contribution in [1.82, 2.24) is 4.90 Å². The van der Waals surface area contributed by atoms with Gasteiger partial charge in [0.15, 0.2) is 0 Å². The molecule has 0 aromatic rings. The number of hydrogen-bond acceptors (Lipinski definition) is 3. The molecule has 0 N–H and O–H groups in total. The van der Waals surface area contributed by atoms with E-state index < -0.39 is 0 Å². The lowest BCUT2D eigenvalue weighted by Gasteiger charge is -2.34. The number of carbonyl (C=O) groups is 1. The van der Waals surface area contributed by atoms with Crippen LogP contribution in [-0.4, -0.2) is 27.5 Å². The molecule has 2 saturated carbocycles. The zero-order chi connectivity index (χ0) is 13.7. The lowest BCUT2D eigenvalue weighted by atomic mass is 9.95. The summed E-state index contributed by atoms with van der Waals surface area (Å²) in [5.41, 5.74) is 0. The van der Waals surface area contributed by atoms with E-state index in [2.05, 4.69) is 12.6 Å². The molecular formula is C14H23NO2S2. The molecule has 2 fully saturated rings. The van der Waals surface area contributed by atoms with Gasteiger partial charge in [0.25, 0.3) is 10.4 Å². The Morgan fingerprint density at radius 3 is 2.05 bits per heavy atom. The van der Waals surface area contributed by atoms with E-state index in [0.717, 1.165) is 38.5 Å². The minimum Gasteiger partial charge on any atom is -0.467 e. The highest BCUT2D eigenvalue weighted by Crippen LogP contribution is 2.26. The zero-order valence-electron chi connectivity index (χ0n) is 11.3. The largest absolute Gasteiger partial charge is 0.467 e. The van der Waals surface area contributed by atoms with Gasteiger partial charge < -0.3 is 4.74 Å². The van der Waals surface area contributed by atoms with Crippen LogP contribution >= 0.6 is 24.8 Å². The lowest BCUT2D eigenvalue weighted by molar-refractivity contribution is 0.114. The maximum atomic E-state index is 11.7. The van der Waals surface area contributed by atoms with Crippen molar-refractivity contribution in [3.8, 4) is 0 Å². The molecule has 1 amide bonds. The van der Waals surface area contributed by atoms with Crippen LogP contribution in [0.1, 0.15) is 64.2 Å². The van der Waals surface area contributed by atoms with Crippen molar-refractivity contribution in [2.24, 2.45) is 0 Å². The molecule has 0 atom stereocenters. The molecule has 0 unspecified atom stereocenters. The van der Waals surface area contributed by atoms with E-state index in [1.54, 1.807) is 4.90 Å². The van der Waals surface area contributed by atoms with Gasteiger partial charge in [0.05, 0.1) is 0 Å². The fraction of sp³-hybridized carbons (Fsp3) is 0.857. The second kappa shape index (κ2) is 7.48. The Morgan fingerprint density at radius 1 is 1.00 bits per heavy atom. The van der Waals surface area contributed by atoms with Crippen LogP contribution in [0, 0.1) is 0 Å². The third-order valence-corrected chi connectivity index (χ3v) is 4.67. The van der Waals surface area contributed by atoms with Gasteiger partial charge in [-0.3, -0.25) is 9.69 Å². The number of thiocarbonyl (C=S) groups is 1. The smallest absolute Gasteiger partial charge is 0.286 e. The van der Waals surface area contributed by atoms with Crippen LogP contribution in [0.15, 0.2) is 0 Å². The second-order valence-corrected chi connectivity index (χ2v) is 6.32. The highest BCUT2D eigenvalue weighted by atomic mass is 32.1. The van der Waals surface area contributed by atoms with E-state index in [4.69, 9.17) is 17.0 Å². The highest BCUT2D eigenvalue weighted by Gasteiger charge is 2.29. The van der Waals surface area contributed by atoms with Crippen LogP contribution in [0.3, 0.4) is 0 Å². The first-order valence-electron chi connectivity index (χ1n) is 7.41. The first-order valence-corrected chi connectivity index (χ1v) is 8.27. The molecule has 108 valence electrons. The molecule has 0 saturated heterocycles. The van der Waals surface area contributed by atoms with Gasteiger partial charge in [-0.1, -0.05) is 38.3 Å². The van der Waals surface area contributed by atoms with E-state index in [-0.39, 0.29) is 17.4 Å². The van der Waals surface area contributed by atoms with Gasteiger partial charge in [-0.15, -0.1) is 0 Å². The summed E-state index contributed by atoms with van der Waals surface area (Å²) in [6.07, 6.45) is 11.6. The fourth-order valence-corrected chi connectivity index (χ4v) is 3.79. The standard InChI is InChI=1S/C14H23NO2S2/c16-13(18)15(11-7-3-1-4-8-11)14(19)17-12-9-5-2-6-10-12/h11-12H,1-10H2,(H,16,18). The van der Waals surface area contributed by atoms with Crippen LogP contribution in [0.5, 0.6) is 0 Å². The van der Waals surface area contributed by atoms with Gasteiger partial charge in [0.2, 0.25) is 0 Å². The molecule has 0 bridgehead atoms. The van der Waals surface area contributed by atoms with E-state index in [1.165, 1.54) is 25.7 Å². The molecule has 5 heteroatoms. The molecule has 0 heterocycles. The van der Waals surface area contributed by atoms with E-state index in [0.29, 0.717) is 5.17 Å². The third-order valence-electron chi connectivity index (χ3n) is 4.16. The highest BCUT2D eigenvalue weighted by molar-refractivity contribution is 7.96. The quantitative estimate of drug-likeness (QED) is 0.609. The van der Waals surface area contributed by atoms with Crippen molar-refractivity contribution in [2.75, 3.05) is 0 Å². The monoisotopic (exact) mass is 301 g/mol. The number of ether oxygens (including phenoxy) is 1. The van der Waals surface area contributed by atoms with Crippen molar-refractivity contribution >= 4 is 35.3 Å². The van der Waals surface area contributed by atoms with Gasteiger partial charge in [0, 0.05) is 6.04 Å². The van der Waals surface area contributed by atoms with Crippen molar-refractivity contribution in [2.45, 2.75) is 76.4 Å². The molecule has 0 radical (unpaired) electrons. The van der Waals surface area contributed by atoms with Crippen LogP contribution in [0.2, 0.25) is 0 Å². The number of amides is 1. The molecule has 19 heavy (non-hydrogen) atoms. The first kappa shape index (κ1) is 15.1. The molecule has 3 nitrogen and oxygen atoms in total. The summed E-state index contributed by atoms with van der Waals surface area (Å²) in [7, 11) is 0. The number of hydrogen-bond donors (Lipinski definition) is 1. The maximum Gasteiger partial charge on any atom is 0.286 e. The van der Waals surface area contributed by atoms with Gasteiger partial charge in [-0.2, -0.15) is 0 Å². The topological polar surface area (TPSA) is 29.5 Å². The minimum absolute atomic E-state index is 0.190. The van der Waals surface area contributed by atoms with E-state index in [1.807, 2.05) is 0 Å². The average molecular weight is 301 g/mol. The van der Waals surface area contributed by atoms with Gasteiger partial charge in [-0.05, 0) is 50.7 Å². The van der Waals surface area contributed by atoms with E-state index in [9.17, 15) is 4.79 Å². The predicted octanol–water partition coefficient (Wildman–Crippen LogP) is 4.31. The SMILES string of the molecule is O=C(S)N(C(=S)OC1CCCCC1)C1CCCCC1. The molecular weight excluding hydrogens is 278 g/mol. The molecule has 0 spiro atoms. The van der Waals surface area contributed by atoms with Crippen LogP contribution in [0.4, 0.5) is 4.79 Å². The second-order valence-electron chi connectivity index (χ2n) is 5.59. The minimum atomic E-state index is -0.271. The molecule has 2 aliphatic carbocycles. The number of rotatable bonds is 2. The Labute approximate surface area is 126 Å². The van der Waals surface area contributed by atoms with Gasteiger partial charge >= 0.3 is 0 Å². The lowest BCUT2D eigenvalue weighted by Crippen LogP contribution is -2.44. The fourth-order valence-electron chi connectivity index (χ4n) is 3.10. The average Bonchev–Trinajstić information content (AvgIpc) is 2.40. The normalized spacial score (nSPS) is 21.9. The Morgan fingerprint density at radius 2 is 1.53 bits per heavy atom. The summed E-state index contributed by atoms with van der Waals surface area (Å²) in [4.78, 5) is 13.4. The molecule has 0 aromatic carbocycles. The number of nitrogens with zero attached hydrogens (tertiary/aromatic N) is 1. The maximum absolute atomic E-state index is 11.7. The van der Waals surface area contributed by atoms with Crippen molar-refractivity contribution < 1.29 is 9.53 Å². The van der Waals surface area contributed by atoms with Crippen LogP contribution in [0.25, 0.3) is 0 Å². The predicted molar refractivity (Wildman–Crippen MR) is 83.7 cm³/mol. The van der Waals surface area contributed by atoms with Crippen LogP contribution in [-0.2, 0) is 4.74 Å². The third kappa shape index (κ3) is 4.35. The summed E-state index contributed by atoms with van der Waals surface area (Å²) in [5.74, 6) is 0. The number of carbonyl (C=O) groups excluding carboxylic acids is 1. The molecule has 0 aromatic heterocycles. The number of thiol groups is 1. The zero-order valence-corrected chi connectivity index (χ0v) is 13.1. The Bertz CT molecular complexity index is 323. The molecule has 2 rings (SSSR count). The van der Waals surface area contributed by atoms with Crippen molar-refractivity contribution in [3.05, 3.63) is 0 Å². The van der Waals surface area contributed by atoms with E-state index >= 15 is 0 Å².